The summed E-state index contributed by atoms with van der Waals surface area (Å²) in [6.07, 6.45) is 1.82. The Morgan fingerprint density at radius 1 is 1.37 bits per heavy atom. The van der Waals surface area contributed by atoms with E-state index in [4.69, 9.17) is 0 Å². The molecule has 1 N–H and O–H groups in total. The molecule has 0 fully saturated rings. The van der Waals surface area contributed by atoms with Crippen LogP contribution in [0.3, 0.4) is 0 Å². The standard InChI is InChI=1S/C15H18N2OS/c1-3-7-13(12-8-5-4-6-9-12)14(18)17-15-16-11(2)10-19-15/h4-6,8-10,13H,3,7H2,1-2H3,(H,16,17,18)/t13-/m1/s1. The van der Waals surface area contributed by atoms with E-state index in [2.05, 4.69) is 17.2 Å². The minimum atomic E-state index is -0.101. The molecule has 1 aromatic heterocycles. The highest BCUT2D eigenvalue weighted by Gasteiger charge is 2.20. The number of anilines is 1. The second kappa shape index (κ2) is 6.48. The first-order valence-corrected chi connectivity index (χ1v) is 7.36. The van der Waals surface area contributed by atoms with Gasteiger partial charge in [0.1, 0.15) is 0 Å². The van der Waals surface area contributed by atoms with Gasteiger partial charge in [-0.05, 0) is 18.9 Å². The van der Waals surface area contributed by atoms with Crippen LogP contribution in [-0.4, -0.2) is 10.9 Å². The minimum absolute atomic E-state index is 0.0300. The molecule has 19 heavy (non-hydrogen) atoms. The van der Waals surface area contributed by atoms with Crippen LogP contribution >= 0.6 is 11.3 Å². The summed E-state index contributed by atoms with van der Waals surface area (Å²) in [4.78, 5) is 16.6. The fraction of sp³-hybridized carbons (Fsp3) is 0.333. The molecule has 0 aliphatic carbocycles. The molecular weight excluding hydrogens is 256 g/mol. The summed E-state index contributed by atoms with van der Waals surface area (Å²) in [6, 6.07) is 9.92. The highest BCUT2D eigenvalue weighted by Crippen LogP contribution is 2.24. The molecule has 1 atom stereocenters. The molecule has 0 radical (unpaired) electrons. The molecule has 2 rings (SSSR count). The SMILES string of the molecule is CCC[C@@H](C(=O)Nc1nc(C)cs1)c1ccccc1. The van der Waals surface area contributed by atoms with Crippen molar-refractivity contribution in [1.82, 2.24) is 4.98 Å². The number of hydrogen-bond acceptors (Lipinski definition) is 3. The van der Waals surface area contributed by atoms with Gasteiger partial charge in [-0.2, -0.15) is 0 Å². The van der Waals surface area contributed by atoms with E-state index in [-0.39, 0.29) is 11.8 Å². The molecule has 0 aliphatic heterocycles. The molecule has 0 saturated carbocycles. The van der Waals surface area contributed by atoms with Crippen LogP contribution in [0, 0.1) is 6.92 Å². The lowest BCUT2D eigenvalue weighted by molar-refractivity contribution is -0.117. The minimum Gasteiger partial charge on any atom is -0.301 e. The van der Waals surface area contributed by atoms with E-state index in [1.165, 1.54) is 11.3 Å². The maximum absolute atomic E-state index is 12.4. The molecule has 0 unspecified atom stereocenters. The summed E-state index contributed by atoms with van der Waals surface area (Å²) in [5.41, 5.74) is 2.00. The first kappa shape index (κ1) is 13.7. The molecule has 1 heterocycles. The third-order valence-electron chi connectivity index (χ3n) is 2.94. The first-order chi connectivity index (χ1) is 9.20. The van der Waals surface area contributed by atoms with Gasteiger partial charge in [0.25, 0.3) is 0 Å². The van der Waals surface area contributed by atoms with Gasteiger partial charge >= 0.3 is 0 Å². The molecule has 0 spiro atoms. The Morgan fingerprint density at radius 2 is 2.11 bits per heavy atom. The van der Waals surface area contributed by atoms with Crippen molar-refractivity contribution in [2.45, 2.75) is 32.6 Å². The van der Waals surface area contributed by atoms with Gasteiger partial charge in [-0.25, -0.2) is 4.98 Å². The maximum Gasteiger partial charge on any atom is 0.233 e. The van der Waals surface area contributed by atoms with E-state index in [1.807, 2.05) is 42.6 Å². The number of nitrogens with zero attached hydrogens (tertiary/aromatic N) is 1. The quantitative estimate of drug-likeness (QED) is 0.896. The average Bonchev–Trinajstić information content (AvgIpc) is 2.82. The zero-order valence-corrected chi connectivity index (χ0v) is 12.0. The van der Waals surface area contributed by atoms with Crippen molar-refractivity contribution in [3.8, 4) is 0 Å². The van der Waals surface area contributed by atoms with Gasteiger partial charge in [-0.1, -0.05) is 43.7 Å². The van der Waals surface area contributed by atoms with Gasteiger partial charge in [0.05, 0.1) is 11.6 Å². The molecule has 1 aromatic carbocycles. The molecule has 2 aromatic rings. The maximum atomic E-state index is 12.4. The van der Waals surface area contributed by atoms with Crippen molar-refractivity contribution < 1.29 is 4.79 Å². The third-order valence-corrected chi connectivity index (χ3v) is 3.82. The predicted octanol–water partition coefficient (Wildman–Crippen LogP) is 3.97. The number of thiazole rings is 1. The second-order valence-electron chi connectivity index (χ2n) is 4.54. The Bertz CT molecular complexity index is 536. The number of carbonyl (C=O) groups excluding carboxylic acids is 1. The Kier molecular flexibility index (Phi) is 4.68. The monoisotopic (exact) mass is 274 g/mol. The molecule has 100 valence electrons. The van der Waals surface area contributed by atoms with Crippen molar-refractivity contribution in [2.75, 3.05) is 5.32 Å². The van der Waals surface area contributed by atoms with Gasteiger partial charge in [0, 0.05) is 5.38 Å². The van der Waals surface area contributed by atoms with Crippen LogP contribution in [0.4, 0.5) is 5.13 Å². The number of aromatic nitrogens is 1. The third kappa shape index (κ3) is 3.64. The summed E-state index contributed by atoms with van der Waals surface area (Å²) in [5, 5.41) is 5.53. The van der Waals surface area contributed by atoms with Crippen molar-refractivity contribution in [2.24, 2.45) is 0 Å². The Labute approximate surface area is 117 Å². The largest absolute Gasteiger partial charge is 0.301 e. The molecule has 1 amide bonds. The molecule has 0 saturated heterocycles. The van der Waals surface area contributed by atoms with Crippen LogP contribution in [0.2, 0.25) is 0 Å². The van der Waals surface area contributed by atoms with Crippen LogP contribution in [0.1, 0.15) is 36.9 Å². The van der Waals surface area contributed by atoms with Gasteiger partial charge in [0.15, 0.2) is 5.13 Å². The lowest BCUT2D eigenvalue weighted by Gasteiger charge is -2.15. The second-order valence-corrected chi connectivity index (χ2v) is 5.39. The van der Waals surface area contributed by atoms with Crippen molar-refractivity contribution in [3.63, 3.8) is 0 Å². The zero-order chi connectivity index (χ0) is 13.7. The number of hydrogen-bond donors (Lipinski definition) is 1. The Hall–Kier alpha value is -1.68. The summed E-state index contributed by atoms with van der Waals surface area (Å²) < 4.78 is 0. The van der Waals surface area contributed by atoms with Crippen LogP contribution < -0.4 is 5.32 Å². The summed E-state index contributed by atoms with van der Waals surface area (Å²) in [5.74, 6) is -0.0715. The van der Waals surface area contributed by atoms with Crippen LogP contribution in [-0.2, 0) is 4.79 Å². The number of aryl methyl sites for hydroxylation is 1. The van der Waals surface area contributed by atoms with Gasteiger partial charge in [-0.3, -0.25) is 4.79 Å². The van der Waals surface area contributed by atoms with Crippen LogP contribution in [0.15, 0.2) is 35.7 Å². The number of rotatable bonds is 5. The molecule has 0 aliphatic rings. The fourth-order valence-corrected chi connectivity index (χ4v) is 2.72. The topological polar surface area (TPSA) is 42.0 Å². The predicted molar refractivity (Wildman–Crippen MR) is 79.6 cm³/mol. The zero-order valence-electron chi connectivity index (χ0n) is 11.2. The summed E-state index contributed by atoms with van der Waals surface area (Å²) in [7, 11) is 0. The molecule has 4 heteroatoms. The summed E-state index contributed by atoms with van der Waals surface area (Å²) in [6.45, 7) is 4.02. The lowest BCUT2D eigenvalue weighted by Crippen LogP contribution is -2.21. The number of benzene rings is 1. The van der Waals surface area contributed by atoms with Gasteiger partial charge < -0.3 is 5.32 Å². The van der Waals surface area contributed by atoms with E-state index in [0.29, 0.717) is 5.13 Å². The van der Waals surface area contributed by atoms with E-state index in [9.17, 15) is 4.79 Å². The van der Waals surface area contributed by atoms with E-state index < -0.39 is 0 Å². The van der Waals surface area contributed by atoms with Crippen LogP contribution in [0.5, 0.6) is 0 Å². The first-order valence-electron chi connectivity index (χ1n) is 6.48. The van der Waals surface area contributed by atoms with Crippen LogP contribution in [0.25, 0.3) is 0 Å². The number of amides is 1. The van der Waals surface area contributed by atoms with Gasteiger partial charge in [0.2, 0.25) is 5.91 Å². The molecular formula is C15H18N2OS. The number of carbonyl (C=O) groups is 1. The fourth-order valence-electron chi connectivity index (χ4n) is 2.03. The average molecular weight is 274 g/mol. The van der Waals surface area contributed by atoms with Crippen molar-refractivity contribution in [1.29, 1.82) is 0 Å². The van der Waals surface area contributed by atoms with E-state index >= 15 is 0 Å². The van der Waals surface area contributed by atoms with E-state index in [0.717, 1.165) is 24.1 Å². The highest BCUT2D eigenvalue weighted by atomic mass is 32.1. The smallest absolute Gasteiger partial charge is 0.233 e. The van der Waals surface area contributed by atoms with E-state index in [1.54, 1.807) is 0 Å². The van der Waals surface area contributed by atoms with Crippen molar-refractivity contribution >= 4 is 22.4 Å². The molecule has 3 nitrogen and oxygen atoms in total. The lowest BCUT2D eigenvalue weighted by atomic mass is 9.94. The normalized spacial score (nSPS) is 12.1. The highest BCUT2D eigenvalue weighted by molar-refractivity contribution is 7.13. The van der Waals surface area contributed by atoms with Gasteiger partial charge in [-0.15, -0.1) is 11.3 Å². The Balaban J connectivity index is 2.13. The number of nitrogens with one attached hydrogen (secondary N) is 1. The molecule has 0 bridgehead atoms. The summed E-state index contributed by atoms with van der Waals surface area (Å²) >= 11 is 1.47. The Morgan fingerprint density at radius 3 is 2.68 bits per heavy atom. The van der Waals surface area contributed by atoms with Crippen molar-refractivity contribution in [3.05, 3.63) is 47.0 Å².